The van der Waals surface area contributed by atoms with E-state index in [4.69, 9.17) is 14.6 Å². The van der Waals surface area contributed by atoms with Crippen molar-refractivity contribution in [1.82, 2.24) is 20.4 Å². The predicted molar refractivity (Wildman–Crippen MR) is 133 cm³/mol. The molecule has 0 aliphatic heterocycles. The molecule has 0 radical (unpaired) electrons. The smallest absolute Gasteiger partial charge is 0.354 e. The molecule has 3 aromatic rings. The highest BCUT2D eigenvalue weighted by molar-refractivity contribution is 7.15. The van der Waals surface area contributed by atoms with Gasteiger partial charge in [0, 0.05) is 30.8 Å². The Bertz CT molecular complexity index is 1100. The zero-order valence-corrected chi connectivity index (χ0v) is 20.9. The molecule has 0 unspecified atom stereocenters. The molecule has 1 aromatic carbocycles. The van der Waals surface area contributed by atoms with Gasteiger partial charge in [0.05, 0.1) is 27.0 Å². The molecule has 10 heteroatoms. The van der Waals surface area contributed by atoms with Gasteiger partial charge in [-0.2, -0.15) is 9.59 Å². The lowest BCUT2D eigenvalue weighted by atomic mass is 10.1. The van der Waals surface area contributed by atoms with Crippen LogP contribution in [0.5, 0.6) is 0 Å². The number of hydrogen-bond acceptors (Lipinski definition) is 9. The number of hydrogen-bond donors (Lipinski definition) is 3. The molecule has 0 saturated carbocycles. The third-order valence-corrected chi connectivity index (χ3v) is 5.92. The van der Waals surface area contributed by atoms with Crippen molar-refractivity contribution < 1.29 is 14.0 Å². The number of nitrogens with zero attached hydrogens (tertiary/aromatic N) is 3. The van der Waals surface area contributed by atoms with Crippen molar-refractivity contribution in [3.63, 3.8) is 0 Å². The van der Waals surface area contributed by atoms with E-state index in [1.807, 2.05) is 12.1 Å². The molecular weight excluding hydrogens is 455 g/mol. The van der Waals surface area contributed by atoms with Crippen molar-refractivity contribution in [3.8, 4) is 21.8 Å². The highest BCUT2D eigenvalue weighted by Crippen LogP contribution is 2.40. The van der Waals surface area contributed by atoms with E-state index >= 15 is 4.39 Å². The van der Waals surface area contributed by atoms with Crippen LogP contribution < -0.4 is 16.2 Å². The second-order valence-electron chi connectivity index (χ2n) is 8.23. The van der Waals surface area contributed by atoms with Crippen LogP contribution in [0.2, 0.25) is 0 Å². The fourth-order valence-corrected chi connectivity index (χ4v) is 3.95. The maximum absolute atomic E-state index is 15.4. The van der Waals surface area contributed by atoms with Gasteiger partial charge in [-0.1, -0.05) is 40.7 Å². The highest BCUT2D eigenvalue weighted by Gasteiger charge is 2.21. The Morgan fingerprint density at radius 1 is 1.12 bits per heavy atom. The number of benzene rings is 1. The molecule has 0 aliphatic carbocycles. The van der Waals surface area contributed by atoms with Gasteiger partial charge >= 0.3 is 6.15 Å². The molecule has 8 nitrogen and oxygen atoms in total. The molecule has 3 rings (SSSR count). The van der Waals surface area contributed by atoms with Gasteiger partial charge in [-0.3, -0.25) is 0 Å². The van der Waals surface area contributed by atoms with Crippen molar-refractivity contribution in [2.45, 2.75) is 47.0 Å². The monoisotopic (exact) mass is 486 g/mol. The van der Waals surface area contributed by atoms with Crippen molar-refractivity contribution in [2.24, 2.45) is 5.92 Å². The Labute approximate surface area is 203 Å². The minimum Gasteiger partial charge on any atom is -0.354 e. The van der Waals surface area contributed by atoms with Crippen LogP contribution in [0.3, 0.4) is 0 Å². The van der Waals surface area contributed by atoms with Crippen LogP contribution in [0.1, 0.15) is 52.0 Å². The van der Waals surface area contributed by atoms with Gasteiger partial charge < -0.3 is 10.7 Å². The lowest BCUT2D eigenvalue weighted by molar-refractivity contribution is -0.191. The lowest BCUT2D eigenvalue weighted by Crippen LogP contribution is -2.22. The number of carbonyl (C=O) groups excluding carboxylic acids is 2. The van der Waals surface area contributed by atoms with Gasteiger partial charge in [-0.25, -0.2) is 24.8 Å². The molecule has 0 saturated heterocycles. The number of nitrogens with one attached hydrogen (secondary N) is 3. The maximum Gasteiger partial charge on any atom is 0.373 e. The van der Waals surface area contributed by atoms with Crippen LogP contribution in [0.4, 0.5) is 16.0 Å². The Balaban J connectivity index is 0.00000129. The van der Waals surface area contributed by atoms with Crippen LogP contribution >= 0.6 is 11.3 Å². The summed E-state index contributed by atoms with van der Waals surface area (Å²) < 4.78 is 15.4. The van der Waals surface area contributed by atoms with Crippen LogP contribution in [-0.2, 0) is 9.59 Å². The quantitative estimate of drug-likeness (QED) is 0.260. The van der Waals surface area contributed by atoms with Gasteiger partial charge in [0.25, 0.3) is 0 Å². The molecule has 2 aromatic heterocycles. The Hall–Kier alpha value is -3.20. The molecule has 34 heavy (non-hydrogen) atoms. The molecule has 3 N–H and O–H groups in total. The lowest BCUT2D eigenvalue weighted by Gasteiger charge is -2.12. The predicted octanol–water partition coefficient (Wildman–Crippen LogP) is 5.34. The summed E-state index contributed by atoms with van der Waals surface area (Å²) in [6.07, 6.45) is 2.93. The number of rotatable bonds is 10. The summed E-state index contributed by atoms with van der Waals surface area (Å²) in [5, 5.41) is 4.21. The van der Waals surface area contributed by atoms with Crippen LogP contribution in [0.25, 0.3) is 21.8 Å². The summed E-state index contributed by atoms with van der Waals surface area (Å²) in [7, 11) is 0. The maximum atomic E-state index is 15.4. The van der Waals surface area contributed by atoms with Crippen molar-refractivity contribution in [3.05, 3.63) is 41.3 Å². The standard InChI is InChI=1S/C23H31FN6S.CO2/c1-6-11-27-30-17-9-7-8-16(19(17)24)20-21(31-22(29-20)15(4)5)18-10-12-25-23(28-18)26-13-14(2)3;2-1-3/h7-10,12,14-15,27,30H,6,11,13H2,1-5H3,(H,25,26,28);. The normalized spacial score (nSPS) is 10.6. The second-order valence-corrected chi connectivity index (χ2v) is 9.26. The summed E-state index contributed by atoms with van der Waals surface area (Å²) in [4.78, 5) is 30.9. The first-order valence-corrected chi connectivity index (χ1v) is 12.0. The zero-order chi connectivity index (χ0) is 25.1. The largest absolute Gasteiger partial charge is 0.373 e. The van der Waals surface area contributed by atoms with E-state index < -0.39 is 0 Å². The number of hydrazine groups is 1. The van der Waals surface area contributed by atoms with Crippen molar-refractivity contribution in [1.29, 1.82) is 0 Å². The summed E-state index contributed by atoms with van der Waals surface area (Å²) in [6.45, 7) is 12.0. The Morgan fingerprint density at radius 2 is 1.85 bits per heavy atom. The number of anilines is 2. The van der Waals surface area contributed by atoms with E-state index in [0.29, 0.717) is 28.8 Å². The molecule has 0 atom stereocenters. The van der Waals surface area contributed by atoms with Gasteiger partial charge in [0.1, 0.15) is 0 Å². The van der Waals surface area contributed by atoms with E-state index in [9.17, 15) is 0 Å². The molecule has 182 valence electrons. The summed E-state index contributed by atoms with van der Waals surface area (Å²) in [5.74, 6) is 0.939. The molecule has 0 spiro atoms. The fraction of sp³-hybridized carbons (Fsp3) is 0.417. The van der Waals surface area contributed by atoms with Gasteiger partial charge in [0.15, 0.2) is 5.82 Å². The van der Waals surface area contributed by atoms with E-state index in [1.165, 1.54) is 0 Å². The molecule has 0 fully saturated rings. The van der Waals surface area contributed by atoms with E-state index in [-0.39, 0.29) is 17.9 Å². The first kappa shape index (κ1) is 27.0. The minimum absolute atomic E-state index is 0.230. The SMILES string of the molecule is CCCNNc1cccc(-c2nc(C(C)C)sc2-c2ccnc(NCC(C)C)n2)c1F.O=C=O. The highest BCUT2D eigenvalue weighted by atomic mass is 32.1. The third kappa shape index (κ3) is 7.41. The number of halogens is 1. The number of thiazole rings is 1. The second kappa shape index (κ2) is 13.5. The first-order valence-electron chi connectivity index (χ1n) is 11.2. The average molecular weight is 487 g/mol. The van der Waals surface area contributed by atoms with Crippen molar-refractivity contribution >= 4 is 29.1 Å². The summed E-state index contributed by atoms with van der Waals surface area (Å²) in [6, 6.07) is 7.17. The van der Waals surface area contributed by atoms with Crippen molar-refractivity contribution in [2.75, 3.05) is 23.8 Å². The molecular formula is C24H31FN6O2S. The third-order valence-electron chi connectivity index (χ3n) is 4.55. The van der Waals surface area contributed by atoms with Crippen LogP contribution in [-0.4, -0.2) is 34.2 Å². The van der Waals surface area contributed by atoms with E-state index in [0.717, 1.165) is 35.1 Å². The zero-order valence-electron chi connectivity index (χ0n) is 20.1. The van der Waals surface area contributed by atoms with Gasteiger partial charge in [-0.05, 0) is 30.5 Å². The van der Waals surface area contributed by atoms with E-state index in [2.05, 4.69) is 60.8 Å². The molecule has 0 amide bonds. The topological polar surface area (TPSA) is 109 Å². The van der Waals surface area contributed by atoms with Gasteiger partial charge in [0.2, 0.25) is 5.95 Å². The van der Waals surface area contributed by atoms with Gasteiger partial charge in [-0.15, -0.1) is 11.3 Å². The Kier molecular flexibility index (Phi) is 10.7. The number of aromatic nitrogens is 3. The molecule has 0 aliphatic rings. The molecule has 2 heterocycles. The fourth-order valence-electron chi connectivity index (χ4n) is 2.90. The van der Waals surface area contributed by atoms with E-state index in [1.54, 1.807) is 29.7 Å². The Morgan fingerprint density at radius 3 is 2.50 bits per heavy atom. The van der Waals surface area contributed by atoms with Crippen LogP contribution in [0, 0.1) is 11.7 Å². The first-order chi connectivity index (χ1) is 16.3. The summed E-state index contributed by atoms with van der Waals surface area (Å²) >= 11 is 1.55. The average Bonchev–Trinajstić information content (AvgIpc) is 3.25. The minimum atomic E-state index is -0.333. The summed E-state index contributed by atoms with van der Waals surface area (Å²) in [5.41, 5.74) is 8.20. The van der Waals surface area contributed by atoms with Crippen LogP contribution in [0.15, 0.2) is 30.5 Å². The molecule has 0 bridgehead atoms.